The minimum Gasteiger partial charge on any atom is -0.440 e. The smallest absolute Gasteiger partial charge is 0.422 e. The van der Waals surface area contributed by atoms with Crippen LogP contribution in [0.1, 0.15) is 19.3 Å². The standard InChI is InChI=1S/C10H17F3N2O2/c11-10(12,13)8-17-9(16)14-4-7-15-5-2-1-3-6-15/h1-8H2,(H,14,16). The highest BCUT2D eigenvalue weighted by atomic mass is 19.4. The van der Waals surface area contributed by atoms with E-state index >= 15 is 0 Å². The number of rotatable bonds is 4. The Morgan fingerprint density at radius 1 is 1.24 bits per heavy atom. The molecule has 0 aromatic carbocycles. The van der Waals surface area contributed by atoms with E-state index < -0.39 is 18.9 Å². The summed E-state index contributed by atoms with van der Waals surface area (Å²) in [6, 6.07) is 0. The molecule has 1 amide bonds. The molecule has 17 heavy (non-hydrogen) atoms. The summed E-state index contributed by atoms with van der Waals surface area (Å²) < 4.78 is 39.1. The van der Waals surface area contributed by atoms with E-state index in [2.05, 4.69) is 15.0 Å². The maximum absolute atomic E-state index is 11.7. The van der Waals surface area contributed by atoms with Crippen molar-refractivity contribution < 1.29 is 22.7 Å². The van der Waals surface area contributed by atoms with Gasteiger partial charge in [0.25, 0.3) is 0 Å². The number of nitrogens with zero attached hydrogens (tertiary/aromatic N) is 1. The Hall–Kier alpha value is -0.980. The van der Waals surface area contributed by atoms with Gasteiger partial charge < -0.3 is 15.0 Å². The Balaban J connectivity index is 2.03. The van der Waals surface area contributed by atoms with Gasteiger partial charge in [-0.1, -0.05) is 6.42 Å². The predicted molar refractivity (Wildman–Crippen MR) is 55.7 cm³/mol. The van der Waals surface area contributed by atoms with Gasteiger partial charge >= 0.3 is 12.3 Å². The van der Waals surface area contributed by atoms with Gasteiger partial charge in [-0.15, -0.1) is 0 Å². The molecule has 0 aromatic heterocycles. The minimum atomic E-state index is -4.47. The first kappa shape index (κ1) is 14.1. The van der Waals surface area contributed by atoms with E-state index in [1.165, 1.54) is 6.42 Å². The van der Waals surface area contributed by atoms with Crippen molar-refractivity contribution in [3.63, 3.8) is 0 Å². The zero-order chi connectivity index (χ0) is 12.7. The topological polar surface area (TPSA) is 41.6 Å². The Labute approximate surface area is 98.1 Å². The van der Waals surface area contributed by atoms with Crippen LogP contribution in [-0.4, -0.2) is 50.0 Å². The van der Waals surface area contributed by atoms with Crippen LogP contribution >= 0.6 is 0 Å². The van der Waals surface area contributed by atoms with Crippen LogP contribution in [0, 0.1) is 0 Å². The number of amides is 1. The third-order valence-corrected chi connectivity index (χ3v) is 2.51. The predicted octanol–water partition coefficient (Wildman–Crippen LogP) is 1.76. The first-order chi connectivity index (χ1) is 7.97. The van der Waals surface area contributed by atoms with Gasteiger partial charge in [-0.05, 0) is 25.9 Å². The van der Waals surface area contributed by atoms with Crippen LogP contribution in [0.4, 0.5) is 18.0 Å². The summed E-state index contributed by atoms with van der Waals surface area (Å²) in [5, 5.41) is 2.30. The van der Waals surface area contributed by atoms with Crippen molar-refractivity contribution in [2.75, 3.05) is 32.8 Å². The summed E-state index contributed by atoms with van der Waals surface area (Å²) in [7, 11) is 0. The number of carbonyl (C=O) groups excluding carboxylic acids is 1. The first-order valence-electron chi connectivity index (χ1n) is 5.67. The third kappa shape index (κ3) is 7.04. The number of alkyl carbamates (subject to hydrolysis) is 1. The Kier molecular flexibility index (Phi) is 5.54. The number of hydrogen-bond donors (Lipinski definition) is 1. The summed E-state index contributed by atoms with van der Waals surface area (Å²) in [6.45, 7) is 1.40. The van der Waals surface area contributed by atoms with Crippen molar-refractivity contribution in [2.45, 2.75) is 25.4 Å². The van der Waals surface area contributed by atoms with Gasteiger partial charge in [0.2, 0.25) is 0 Å². The molecule has 1 saturated heterocycles. The Morgan fingerprint density at radius 2 is 1.88 bits per heavy atom. The maximum Gasteiger partial charge on any atom is 0.422 e. The number of likely N-dealkylation sites (tertiary alicyclic amines) is 1. The molecule has 1 heterocycles. The maximum atomic E-state index is 11.7. The van der Waals surface area contributed by atoms with Gasteiger partial charge in [-0.2, -0.15) is 13.2 Å². The number of piperidine rings is 1. The van der Waals surface area contributed by atoms with E-state index in [1.54, 1.807) is 0 Å². The van der Waals surface area contributed by atoms with Crippen molar-refractivity contribution in [3.8, 4) is 0 Å². The molecule has 1 rings (SSSR count). The summed E-state index contributed by atoms with van der Waals surface area (Å²) in [4.78, 5) is 13.1. The zero-order valence-corrected chi connectivity index (χ0v) is 9.55. The molecule has 0 aliphatic carbocycles. The second-order valence-corrected chi connectivity index (χ2v) is 4.02. The number of carbonyl (C=O) groups is 1. The largest absolute Gasteiger partial charge is 0.440 e. The number of alkyl halides is 3. The lowest BCUT2D eigenvalue weighted by Gasteiger charge is -2.26. The van der Waals surface area contributed by atoms with Crippen LogP contribution in [0.15, 0.2) is 0 Å². The molecule has 1 fully saturated rings. The summed E-state index contributed by atoms with van der Waals surface area (Å²) in [6.07, 6.45) is -1.99. The van der Waals surface area contributed by atoms with Crippen molar-refractivity contribution in [1.82, 2.24) is 10.2 Å². The highest BCUT2D eigenvalue weighted by Crippen LogP contribution is 2.14. The average Bonchev–Trinajstić information content (AvgIpc) is 2.27. The molecule has 7 heteroatoms. The van der Waals surface area contributed by atoms with Crippen LogP contribution in [0.2, 0.25) is 0 Å². The molecule has 100 valence electrons. The first-order valence-corrected chi connectivity index (χ1v) is 5.67. The lowest BCUT2D eigenvalue weighted by Crippen LogP contribution is -2.38. The zero-order valence-electron chi connectivity index (χ0n) is 9.55. The van der Waals surface area contributed by atoms with Gasteiger partial charge in [0, 0.05) is 13.1 Å². The fourth-order valence-corrected chi connectivity index (χ4v) is 1.70. The molecule has 0 bridgehead atoms. The van der Waals surface area contributed by atoms with Crippen LogP contribution in [-0.2, 0) is 4.74 Å². The third-order valence-electron chi connectivity index (χ3n) is 2.51. The number of nitrogens with one attached hydrogen (secondary N) is 1. The SMILES string of the molecule is O=C(NCCN1CCCCC1)OCC(F)(F)F. The van der Waals surface area contributed by atoms with Gasteiger partial charge in [0.05, 0.1) is 0 Å². The molecule has 1 N–H and O–H groups in total. The van der Waals surface area contributed by atoms with Crippen molar-refractivity contribution >= 4 is 6.09 Å². The fourth-order valence-electron chi connectivity index (χ4n) is 1.70. The molecule has 1 aliphatic heterocycles. The number of halogens is 3. The molecular weight excluding hydrogens is 237 g/mol. The minimum absolute atomic E-state index is 0.316. The van der Waals surface area contributed by atoms with Crippen molar-refractivity contribution in [1.29, 1.82) is 0 Å². The fraction of sp³-hybridized carbons (Fsp3) is 0.900. The molecule has 1 aliphatic rings. The van der Waals surface area contributed by atoms with E-state index in [0.717, 1.165) is 25.9 Å². The van der Waals surface area contributed by atoms with E-state index in [-0.39, 0.29) is 0 Å². The lowest BCUT2D eigenvalue weighted by atomic mass is 10.1. The summed E-state index contributed by atoms with van der Waals surface area (Å²) in [5.41, 5.74) is 0. The normalized spacial score (nSPS) is 17.8. The Morgan fingerprint density at radius 3 is 2.47 bits per heavy atom. The Bertz CT molecular complexity index is 240. The summed E-state index contributed by atoms with van der Waals surface area (Å²) >= 11 is 0. The van der Waals surface area contributed by atoms with Crippen molar-refractivity contribution in [3.05, 3.63) is 0 Å². The highest BCUT2D eigenvalue weighted by molar-refractivity contribution is 5.67. The van der Waals surface area contributed by atoms with E-state index in [9.17, 15) is 18.0 Å². The van der Waals surface area contributed by atoms with Gasteiger partial charge in [-0.25, -0.2) is 4.79 Å². The lowest BCUT2D eigenvalue weighted by molar-refractivity contribution is -0.160. The number of ether oxygens (including phenoxy) is 1. The highest BCUT2D eigenvalue weighted by Gasteiger charge is 2.29. The molecule has 0 radical (unpaired) electrons. The second kappa shape index (κ2) is 6.68. The monoisotopic (exact) mass is 254 g/mol. The van der Waals surface area contributed by atoms with E-state index in [1.807, 2.05) is 0 Å². The molecule has 0 saturated carbocycles. The van der Waals surface area contributed by atoms with Gasteiger partial charge in [0.15, 0.2) is 6.61 Å². The number of hydrogen-bond acceptors (Lipinski definition) is 3. The molecule has 0 spiro atoms. The van der Waals surface area contributed by atoms with E-state index in [4.69, 9.17) is 0 Å². The van der Waals surface area contributed by atoms with Crippen LogP contribution in [0.3, 0.4) is 0 Å². The van der Waals surface area contributed by atoms with E-state index in [0.29, 0.717) is 13.1 Å². The van der Waals surface area contributed by atoms with Crippen molar-refractivity contribution in [2.24, 2.45) is 0 Å². The summed E-state index contributed by atoms with van der Waals surface area (Å²) in [5.74, 6) is 0. The van der Waals surface area contributed by atoms with Gasteiger partial charge in [-0.3, -0.25) is 0 Å². The molecule has 0 aromatic rings. The van der Waals surface area contributed by atoms with Crippen LogP contribution in [0.5, 0.6) is 0 Å². The molecule has 0 unspecified atom stereocenters. The quantitative estimate of drug-likeness (QED) is 0.831. The molecule has 4 nitrogen and oxygen atoms in total. The van der Waals surface area contributed by atoms with Gasteiger partial charge in [0.1, 0.15) is 0 Å². The van der Waals surface area contributed by atoms with Crippen LogP contribution < -0.4 is 5.32 Å². The van der Waals surface area contributed by atoms with Crippen LogP contribution in [0.25, 0.3) is 0 Å². The average molecular weight is 254 g/mol. The molecule has 0 atom stereocenters. The second-order valence-electron chi connectivity index (χ2n) is 4.02. The molecular formula is C10H17F3N2O2.